The SMILES string of the molecule is Cc1cc(Cl)nc2c1CCC[C@H]2O. The number of halogens is 1. The van der Waals surface area contributed by atoms with Crippen LogP contribution in [0.3, 0.4) is 0 Å². The van der Waals surface area contributed by atoms with E-state index in [4.69, 9.17) is 11.6 Å². The molecular weight excluding hydrogens is 186 g/mol. The Morgan fingerprint density at radius 1 is 1.62 bits per heavy atom. The quantitative estimate of drug-likeness (QED) is 0.648. The van der Waals surface area contributed by atoms with Gasteiger partial charge in [0.2, 0.25) is 0 Å². The molecule has 1 atom stereocenters. The lowest BCUT2D eigenvalue weighted by atomic mass is 9.91. The highest BCUT2D eigenvalue weighted by atomic mass is 35.5. The van der Waals surface area contributed by atoms with Gasteiger partial charge in [0.05, 0.1) is 11.8 Å². The van der Waals surface area contributed by atoms with Gasteiger partial charge in [0.1, 0.15) is 5.15 Å². The van der Waals surface area contributed by atoms with Crippen molar-refractivity contribution in [2.45, 2.75) is 32.3 Å². The van der Waals surface area contributed by atoms with Crippen molar-refractivity contribution in [2.24, 2.45) is 0 Å². The van der Waals surface area contributed by atoms with Crippen LogP contribution in [0.15, 0.2) is 6.07 Å². The van der Waals surface area contributed by atoms with Gasteiger partial charge in [-0.2, -0.15) is 0 Å². The Bertz CT molecular complexity index is 338. The number of hydrogen-bond donors (Lipinski definition) is 1. The van der Waals surface area contributed by atoms with Crippen molar-refractivity contribution in [1.29, 1.82) is 0 Å². The van der Waals surface area contributed by atoms with Gasteiger partial charge in [0.25, 0.3) is 0 Å². The summed E-state index contributed by atoms with van der Waals surface area (Å²) >= 11 is 5.83. The molecule has 0 aromatic carbocycles. The second-order valence-electron chi connectivity index (χ2n) is 3.53. The molecule has 1 aliphatic carbocycles. The van der Waals surface area contributed by atoms with Gasteiger partial charge in [-0.25, -0.2) is 4.98 Å². The molecule has 0 radical (unpaired) electrons. The average Bonchev–Trinajstić information content (AvgIpc) is 2.07. The summed E-state index contributed by atoms with van der Waals surface area (Å²) in [6.07, 6.45) is 2.45. The predicted molar refractivity (Wildman–Crippen MR) is 51.9 cm³/mol. The van der Waals surface area contributed by atoms with Gasteiger partial charge in [-0.05, 0) is 43.4 Å². The van der Waals surface area contributed by atoms with E-state index < -0.39 is 6.10 Å². The highest BCUT2D eigenvalue weighted by Gasteiger charge is 2.21. The van der Waals surface area contributed by atoms with Crippen LogP contribution in [-0.4, -0.2) is 10.1 Å². The predicted octanol–water partition coefficient (Wildman–Crippen LogP) is 2.41. The standard InChI is InChI=1S/C10H12ClNO/c1-6-5-9(11)12-10-7(6)3-2-4-8(10)13/h5,8,13H,2-4H2,1H3/t8-/m1/s1. The maximum Gasteiger partial charge on any atom is 0.129 e. The fourth-order valence-electron chi connectivity index (χ4n) is 1.89. The number of fused-ring (bicyclic) bond motifs is 1. The van der Waals surface area contributed by atoms with Crippen LogP contribution in [0.1, 0.15) is 35.8 Å². The van der Waals surface area contributed by atoms with E-state index in [0.717, 1.165) is 30.5 Å². The molecule has 2 rings (SSSR count). The summed E-state index contributed by atoms with van der Waals surface area (Å²) < 4.78 is 0. The lowest BCUT2D eigenvalue weighted by Gasteiger charge is -2.21. The number of pyridine rings is 1. The van der Waals surface area contributed by atoms with Gasteiger partial charge in [0, 0.05) is 0 Å². The van der Waals surface area contributed by atoms with Crippen molar-refractivity contribution in [3.8, 4) is 0 Å². The zero-order valence-electron chi connectivity index (χ0n) is 7.55. The summed E-state index contributed by atoms with van der Waals surface area (Å²) in [7, 11) is 0. The van der Waals surface area contributed by atoms with Crippen molar-refractivity contribution in [2.75, 3.05) is 0 Å². The Morgan fingerprint density at radius 2 is 2.38 bits per heavy atom. The number of aliphatic hydroxyl groups is 1. The number of aromatic nitrogens is 1. The van der Waals surface area contributed by atoms with Crippen LogP contribution >= 0.6 is 11.6 Å². The van der Waals surface area contributed by atoms with Crippen LogP contribution in [0.4, 0.5) is 0 Å². The fraction of sp³-hybridized carbons (Fsp3) is 0.500. The lowest BCUT2D eigenvalue weighted by molar-refractivity contribution is 0.151. The molecule has 0 bridgehead atoms. The highest BCUT2D eigenvalue weighted by Crippen LogP contribution is 2.31. The average molecular weight is 198 g/mol. The minimum absolute atomic E-state index is 0.416. The maximum absolute atomic E-state index is 9.69. The monoisotopic (exact) mass is 197 g/mol. The van der Waals surface area contributed by atoms with Crippen LogP contribution in [0.25, 0.3) is 0 Å². The molecule has 1 aromatic heterocycles. The minimum atomic E-state index is -0.416. The molecule has 3 heteroatoms. The molecule has 1 aliphatic rings. The molecule has 0 unspecified atom stereocenters. The van der Waals surface area contributed by atoms with Crippen LogP contribution in [-0.2, 0) is 6.42 Å². The number of aryl methyl sites for hydroxylation is 1. The van der Waals surface area contributed by atoms with E-state index in [1.807, 2.05) is 13.0 Å². The normalized spacial score (nSPS) is 21.3. The molecule has 13 heavy (non-hydrogen) atoms. The first-order valence-corrected chi connectivity index (χ1v) is 4.90. The fourth-order valence-corrected chi connectivity index (χ4v) is 2.15. The minimum Gasteiger partial charge on any atom is -0.387 e. The molecule has 1 heterocycles. The molecule has 1 aromatic rings. The molecular formula is C10H12ClNO. The van der Waals surface area contributed by atoms with E-state index in [9.17, 15) is 5.11 Å². The van der Waals surface area contributed by atoms with Gasteiger partial charge >= 0.3 is 0 Å². The lowest BCUT2D eigenvalue weighted by Crippen LogP contribution is -2.12. The second-order valence-corrected chi connectivity index (χ2v) is 3.92. The van der Waals surface area contributed by atoms with Crippen molar-refractivity contribution in [3.63, 3.8) is 0 Å². The van der Waals surface area contributed by atoms with Crippen LogP contribution in [0, 0.1) is 6.92 Å². The van der Waals surface area contributed by atoms with E-state index in [2.05, 4.69) is 4.98 Å². The highest BCUT2D eigenvalue weighted by molar-refractivity contribution is 6.29. The van der Waals surface area contributed by atoms with Crippen LogP contribution in [0.2, 0.25) is 5.15 Å². The first-order chi connectivity index (χ1) is 6.18. The Morgan fingerprint density at radius 3 is 3.15 bits per heavy atom. The molecule has 0 fully saturated rings. The molecule has 0 spiro atoms. The molecule has 0 saturated heterocycles. The zero-order valence-corrected chi connectivity index (χ0v) is 8.30. The summed E-state index contributed by atoms with van der Waals surface area (Å²) in [4.78, 5) is 4.17. The van der Waals surface area contributed by atoms with Gasteiger partial charge in [-0.3, -0.25) is 0 Å². The summed E-state index contributed by atoms with van der Waals surface area (Å²) in [5.41, 5.74) is 3.12. The van der Waals surface area contributed by atoms with Crippen molar-refractivity contribution in [1.82, 2.24) is 4.98 Å². The molecule has 2 nitrogen and oxygen atoms in total. The van der Waals surface area contributed by atoms with E-state index >= 15 is 0 Å². The van der Waals surface area contributed by atoms with Gasteiger partial charge < -0.3 is 5.11 Å². The summed E-state index contributed by atoms with van der Waals surface area (Å²) in [6.45, 7) is 2.02. The zero-order chi connectivity index (χ0) is 9.42. The summed E-state index contributed by atoms with van der Waals surface area (Å²) in [5.74, 6) is 0. The summed E-state index contributed by atoms with van der Waals surface area (Å²) in [5, 5.41) is 10.2. The molecule has 1 N–H and O–H groups in total. The van der Waals surface area contributed by atoms with Gasteiger partial charge in [-0.15, -0.1) is 0 Å². The molecule has 0 amide bonds. The third kappa shape index (κ3) is 1.56. The molecule has 0 saturated carbocycles. The third-order valence-corrected chi connectivity index (χ3v) is 2.76. The van der Waals surface area contributed by atoms with Crippen molar-refractivity contribution >= 4 is 11.6 Å². The maximum atomic E-state index is 9.69. The Labute approximate surface area is 82.6 Å². The van der Waals surface area contributed by atoms with E-state index in [1.54, 1.807) is 0 Å². The Kier molecular flexibility index (Phi) is 2.26. The van der Waals surface area contributed by atoms with Crippen LogP contribution in [0.5, 0.6) is 0 Å². The Hall–Kier alpha value is -0.600. The first kappa shape index (κ1) is 8.97. The van der Waals surface area contributed by atoms with E-state index in [0.29, 0.717) is 5.15 Å². The second kappa shape index (κ2) is 3.28. The van der Waals surface area contributed by atoms with Gasteiger partial charge in [-0.1, -0.05) is 11.6 Å². The third-order valence-electron chi connectivity index (χ3n) is 2.57. The van der Waals surface area contributed by atoms with Crippen LogP contribution < -0.4 is 0 Å². The van der Waals surface area contributed by atoms with Crippen molar-refractivity contribution in [3.05, 3.63) is 28.0 Å². The molecule has 70 valence electrons. The van der Waals surface area contributed by atoms with Gasteiger partial charge in [0.15, 0.2) is 0 Å². The smallest absolute Gasteiger partial charge is 0.129 e. The van der Waals surface area contributed by atoms with Crippen molar-refractivity contribution < 1.29 is 5.11 Å². The number of rotatable bonds is 0. The number of aliphatic hydroxyl groups excluding tert-OH is 1. The summed E-state index contributed by atoms with van der Waals surface area (Å²) in [6, 6.07) is 1.86. The topological polar surface area (TPSA) is 33.1 Å². The van der Waals surface area contributed by atoms with E-state index in [1.165, 1.54) is 5.56 Å². The Balaban J connectivity index is 2.56. The largest absolute Gasteiger partial charge is 0.387 e. The number of hydrogen-bond acceptors (Lipinski definition) is 2. The van der Waals surface area contributed by atoms with E-state index in [-0.39, 0.29) is 0 Å². The first-order valence-electron chi connectivity index (χ1n) is 4.52. The number of nitrogens with zero attached hydrogens (tertiary/aromatic N) is 1. The molecule has 0 aliphatic heterocycles.